The highest BCUT2D eigenvalue weighted by Crippen LogP contribution is 2.33. The second kappa shape index (κ2) is 6.25. The number of hydrogen-bond acceptors (Lipinski definition) is 4. The predicted octanol–water partition coefficient (Wildman–Crippen LogP) is 1.92. The van der Waals surface area contributed by atoms with E-state index in [2.05, 4.69) is 5.32 Å². The SMILES string of the molecule is O=C(O)[C@H]1CCCC[C@@H]1C(=O)NCc1ccc2c(c1)OCO2. The van der Waals surface area contributed by atoms with Crippen LogP contribution in [0.5, 0.6) is 11.5 Å². The van der Waals surface area contributed by atoms with Crippen LogP contribution in [-0.4, -0.2) is 23.8 Å². The number of fused-ring (bicyclic) bond motifs is 1. The average Bonchev–Trinajstić information content (AvgIpc) is 3.00. The predicted molar refractivity (Wildman–Crippen MR) is 77.5 cm³/mol. The Bertz CT molecular complexity index is 586. The number of ether oxygens (including phenoxy) is 2. The Morgan fingerprint density at radius 3 is 2.64 bits per heavy atom. The fourth-order valence-electron chi connectivity index (χ4n) is 3.11. The summed E-state index contributed by atoms with van der Waals surface area (Å²) in [6.07, 6.45) is 3.01. The van der Waals surface area contributed by atoms with Gasteiger partial charge in [-0.15, -0.1) is 0 Å². The van der Waals surface area contributed by atoms with E-state index in [9.17, 15) is 14.7 Å². The molecule has 1 saturated carbocycles. The van der Waals surface area contributed by atoms with Gasteiger partial charge in [0.1, 0.15) is 0 Å². The third-order valence-corrected chi connectivity index (χ3v) is 4.32. The first-order valence-electron chi connectivity index (χ1n) is 7.54. The summed E-state index contributed by atoms with van der Waals surface area (Å²) in [5, 5.41) is 12.1. The van der Waals surface area contributed by atoms with Crippen molar-refractivity contribution >= 4 is 11.9 Å². The summed E-state index contributed by atoms with van der Waals surface area (Å²) in [5.74, 6) is -0.667. The van der Waals surface area contributed by atoms with E-state index in [0.717, 1.165) is 18.4 Å². The molecular weight excluding hydrogens is 286 g/mol. The number of carboxylic acid groups (broad SMARTS) is 1. The van der Waals surface area contributed by atoms with Gasteiger partial charge in [-0.3, -0.25) is 9.59 Å². The van der Waals surface area contributed by atoms with E-state index in [1.165, 1.54) is 0 Å². The molecule has 22 heavy (non-hydrogen) atoms. The molecule has 0 bridgehead atoms. The smallest absolute Gasteiger partial charge is 0.307 e. The number of nitrogens with one attached hydrogen (secondary N) is 1. The average molecular weight is 305 g/mol. The number of aliphatic carboxylic acids is 1. The maximum absolute atomic E-state index is 12.3. The van der Waals surface area contributed by atoms with Crippen molar-refractivity contribution in [2.75, 3.05) is 6.79 Å². The van der Waals surface area contributed by atoms with E-state index in [4.69, 9.17) is 9.47 Å². The summed E-state index contributed by atoms with van der Waals surface area (Å²) in [6.45, 7) is 0.575. The Hall–Kier alpha value is -2.24. The lowest BCUT2D eigenvalue weighted by atomic mass is 9.78. The van der Waals surface area contributed by atoms with Crippen LogP contribution in [0.4, 0.5) is 0 Å². The van der Waals surface area contributed by atoms with Gasteiger partial charge in [0.05, 0.1) is 11.8 Å². The fourth-order valence-corrected chi connectivity index (χ4v) is 3.11. The lowest BCUT2D eigenvalue weighted by molar-refractivity contribution is -0.148. The largest absolute Gasteiger partial charge is 0.481 e. The maximum Gasteiger partial charge on any atom is 0.307 e. The van der Waals surface area contributed by atoms with Gasteiger partial charge in [-0.05, 0) is 30.5 Å². The van der Waals surface area contributed by atoms with Gasteiger partial charge >= 0.3 is 5.97 Å². The molecule has 118 valence electrons. The van der Waals surface area contributed by atoms with Gasteiger partial charge < -0.3 is 19.9 Å². The molecule has 1 heterocycles. The number of amides is 1. The van der Waals surface area contributed by atoms with Crippen molar-refractivity contribution in [1.29, 1.82) is 0 Å². The first kappa shape index (κ1) is 14.7. The highest BCUT2D eigenvalue weighted by atomic mass is 16.7. The normalized spacial score (nSPS) is 23.1. The highest BCUT2D eigenvalue weighted by molar-refractivity contribution is 5.84. The number of carbonyl (C=O) groups excluding carboxylic acids is 1. The quantitative estimate of drug-likeness (QED) is 0.887. The van der Waals surface area contributed by atoms with Gasteiger partial charge in [-0.2, -0.15) is 0 Å². The highest BCUT2D eigenvalue weighted by Gasteiger charge is 2.35. The molecule has 3 rings (SSSR count). The van der Waals surface area contributed by atoms with Crippen molar-refractivity contribution in [3.63, 3.8) is 0 Å². The van der Waals surface area contributed by atoms with Crippen LogP contribution in [0.3, 0.4) is 0 Å². The first-order chi connectivity index (χ1) is 10.6. The minimum Gasteiger partial charge on any atom is -0.481 e. The lowest BCUT2D eigenvalue weighted by Crippen LogP contribution is -2.39. The summed E-state index contributed by atoms with van der Waals surface area (Å²) in [7, 11) is 0. The second-order valence-electron chi connectivity index (χ2n) is 5.74. The molecule has 6 heteroatoms. The van der Waals surface area contributed by atoms with Gasteiger partial charge in [-0.25, -0.2) is 0 Å². The number of carboxylic acids is 1. The third-order valence-electron chi connectivity index (χ3n) is 4.32. The van der Waals surface area contributed by atoms with Crippen molar-refractivity contribution in [2.24, 2.45) is 11.8 Å². The Morgan fingerprint density at radius 1 is 1.14 bits per heavy atom. The number of rotatable bonds is 4. The van der Waals surface area contributed by atoms with Crippen LogP contribution in [0, 0.1) is 11.8 Å². The van der Waals surface area contributed by atoms with E-state index in [1.54, 1.807) is 0 Å². The second-order valence-corrected chi connectivity index (χ2v) is 5.74. The molecule has 1 aliphatic heterocycles. The van der Waals surface area contributed by atoms with Crippen molar-refractivity contribution in [3.8, 4) is 11.5 Å². The van der Waals surface area contributed by atoms with E-state index >= 15 is 0 Å². The van der Waals surface area contributed by atoms with Crippen LogP contribution >= 0.6 is 0 Å². The number of carbonyl (C=O) groups is 2. The molecule has 0 unspecified atom stereocenters. The van der Waals surface area contributed by atoms with Crippen molar-refractivity contribution in [1.82, 2.24) is 5.32 Å². The molecule has 1 amide bonds. The van der Waals surface area contributed by atoms with Gasteiger partial charge in [0.2, 0.25) is 12.7 Å². The van der Waals surface area contributed by atoms with Gasteiger partial charge in [0, 0.05) is 6.54 Å². The minimum absolute atomic E-state index is 0.176. The summed E-state index contributed by atoms with van der Waals surface area (Å²) < 4.78 is 10.5. The Labute approximate surface area is 128 Å². The van der Waals surface area contributed by atoms with Crippen LogP contribution in [0.2, 0.25) is 0 Å². The van der Waals surface area contributed by atoms with E-state index in [1.807, 2.05) is 18.2 Å². The number of hydrogen-bond donors (Lipinski definition) is 2. The van der Waals surface area contributed by atoms with Crippen LogP contribution in [0.15, 0.2) is 18.2 Å². The topological polar surface area (TPSA) is 84.9 Å². The fraction of sp³-hybridized carbons (Fsp3) is 0.500. The molecular formula is C16H19NO5. The first-order valence-corrected chi connectivity index (χ1v) is 7.54. The van der Waals surface area contributed by atoms with E-state index in [-0.39, 0.29) is 12.7 Å². The molecule has 2 atom stereocenters. The van der Waals surface area contributed by atoms with Crippen LogP contribution in [0.1, 0.15) is 31.2 Å². The van der Waals surface area contributed by atoms with Crippen molar-refractivity contribution in [3.05, 3.63) is 23.8 Å². The number of benzene rings is 1. The zero-order chi connectivity index (χ0) is 15.5. The molecule has 2 aliphatic rings. The molecule has 0 spiro atoms. The summed E-state index contributed by atoms with van der Waals surface area (Å²) in [4.78, 5) is 23.6. The summed E-state index contributed by atoms with van der Waals surface area (Å²) >= 11 is 0. The van der Waals surface area contributed by atoms with Crippen LogP contribution in [0.25, 0.3) is 0 Å². The van der Waals surface area contributed by atoms with Crippen LogP contribution in [-0.2, 0) is 16.1 Å². The summed E-state index contributed by atoms with van der Waals surface area (Å²) in [6, 6.07) is 5.51. The molecule has 0 aromatic heterocycles. The van der Waals surface area contributed by atoms with E-state index in [0.29, 0.717) is 30.9 Å². The summed E-state index contributed by atoms with van der Waals surface area (Å²) in [5.41, 5.74) is 0.903. The molecule has 1 aliphatic carbocycles. The van der Waals surface area contributed by atoms with Crippen LogP contribution < -0.4 is 14.8 Å². The minimum atomic E-state index is -0.872. The Kier molecular flexibility index (Phi) is 4.18. The monoisotopic (exact) mass is 305 g/mol. The van der Waals surface area contributed by atoms with Gasteiger partial charge in [0.15, 0.2) is 11.5 Å². The van der Waals surface area contributed by atoms with E-state index < -0.39 is 17.8 Å². The van der Waals surface area contributed by atoms with Gasteiger partial charge in [-0.1, -0.05) is 18.9 Å². The van der Waals surface area contributed by atoms with Gasteiger partial charge in [0.25, 0.3) is 0 Å². The van der Waals surface area contributed by atoms with Crippen molar-refractivity contribution < 1.29 is 24.2 Å². The molecule has 0 saturated heterocycles. The molecule has 1 aromatic carbocycles. The zero-order valence-electron chi connectivity index (χ0n) is 12.2. The molecule has 2 N–H and O–H groups in total. The Balaban J connectivity index is 1.60. The lowest BCUT2D eigenvalue weighted by Gasteiger charge is -2.27. The zero-order valence-corrected chi connectivity index (χ0v) is 12.2. The molecule has 1 fully saturated rings. The molecule has 0 radical (unpaired) electrons. The standard InChI is InChI=1S/C16H19NO5/c18-15(11-3-1-2-4-12(11)16(19)20)17-8-10-5-6-13-14(7-10)22-9-21-13/h5-7,11-12H,1-4,8-9H2,(H,17,18)(H,19,20)/t11-,12-/m0/s1. The third kappa shape index (κ3) is 3.00. The Morgan fingerprint density at radius 2 is 1.86 bits per heavy atom. The molecule has 1 aromatic rings. The van der Waals surface area contributed by atoms with Crippen molar-refractivity contribution in [2.45, 2.75) is 32.2 Å². The maximum atomic E-state index is 12.3. The molecule has 6 nitrogen and oxygen atoms in total.